The van der Waals surface area contributed by atoms with Crippen LogP contribution in [-0.2, 0) is 9.53 Å². The fourth-order valence-electron chi connectivity index (χ4n) is 3.78. The number of aliphatic carboxylic acids is 1. The summed E-state index contributed by atoms with van der Waals surface area (Å²) in [5, 5.41) is 9.12. The number of hydrogen-bond donors (Lipinski definition) is 1. The highest BCUT2D eigenvalue weighted by Gasteiger charge is 2.41. The average molecular weight is 264 g/mol. The molecule has 0 aromatic carbocycles. The minimum Gasteiger partial charge on any atom is -0.478 e. The normalized spacial score (nSPS) is 34.9. The van der Waals surface area contributed by atoms with Crippen LogP contribution in [0.25, 0.3) is 0 Å². The average Bonchev–Trinajstić information content (AvgIpc) is 2.38. The third kappa shape index (κ3) is 2.48. The summed E-state index contributed by atoms with van der Waals surface area (Å²) in [6.45, 7) is 8.21. The monoisotopic (exact) mass is 264 g/mol. The molecule has 0 aliphatic heterocycles. The summed E-state index contributed by atoms with van der Waals surface area (Å²) in [5.74, 6) is -0.767. The van der Waals surface area contributed by atoms with Crippen LogP contribution in [0.4, 0.5) is 0 Å². The number of carboxylic acids is 1. The summed E-state index contributed by atoms with van der Waals surface area (Å²) in [7, 11) is 1.76. The molecule has 3 heteroatoms. The summed E-state index contributed by atoms with van der Waals surface area (Å²) >= 11 is 0. The van der Waals surface area contributed by atoms with Crippen molar-refractivity contribution in [2.45, 2.75) is 52.1 Å². The van der Waals surface area contributed by atoms with Crippen LogP contribution in [0, 0.1) is 11.3 Å². The molecule has 0 bridgehead atoms. The van der Waals surface area contributed by atoms with Crippen molar-refractivity contribution in [1.82, 2.24) is 0 Å². The van der Waals surface area contributed by atoms with Gasteiger partial charge in [-0.15, -0.1) is 0 Å². The first-order valence-electron chi connectivity index (χ1n) is 7.04. The van der Waals surface area contributed by atoms with Gasteiger partial charge in [-0.05, 0) is 55.9 Å². The van der Waals surface area contributed by atoms with Crippen molar-refractivity contribution in [3.05, 3.63) is 23.3 Å². The summed E-state index contributed by atoms with van der Waals surface area (Å²) in [5.41, 5.74) is 3.35. The molecule has 0 amide bonds. The second-order valence-electron chi connectivity index (χ2n) is 6.26. The highest BCUT2D eigenvalue weighted by molar-refractivity contribution is 5.86. The molecule has 3 nitrogen and oxygen atoms in total. The van der Waals surface area contributed by atoms with Crippen LogP contribution in [0.3, 0.4) is 0 Å². The van der Waals surface area contributed by atoms with Crippen molar-refractivity contribution < 1.29 is 14.6 Å². The van der Waals surface area contributed by atoms with Gasteiger partial charge < -0.3 is 9.84 Å². The van der Waals surface area contributed by atoms with Crippen LogP contribution < -0.4 is 0 Å². The van der Waals surface area contributed by atoms with Gasteiger partial charge in [0.1, 0.15) is 0 Å². The standard InChI is InChI=1S/C16H24O3/c1-10(15(17)18)12-5-7-16(3)8-6-14(19-4)11(2)13(16)9-12/h12,14H,1,5-9H2,2-4H3,(H,17,18)/t12-,14+,16-/m1/s1. The van der Waals surface area contributed by atoms with E-state index < -0.39 is 5.97 Å². The van der Waals surface area contributed by atoms with Crippen LogP contribution in [0.5, 0.6) is 0 Å². The quantitative estimate of drug-likeness (QED) is 0.626. The Balaban J connectivity index is 2.28. The third-order valence-electron chi connectivity index (χ3n) is 5.19. The Morgan fingerprint density at radius 3 is 2.63 bits per heavy atom. The molecule has 1 N–H and O–H groups in total. The molecule has 0 heterocycles. The molecule has 2 aliphatic carbocycles. The number of fused-ring (bicyclic) bond motifs is 1. The second kappa shape index (κ2) is 5.12. The Bertz CT molecular complexity index is 435. The van der Waals surface area contributed by atoms with Gasteiger partial charge in [-0.3, -0.25) is 0 Å². The first kappa shape index (κ1) is 14.3. The Kier molecular flexibility index (Phi) is 3.86. The van der Waals surface area contributed by atoms with E-state index >= 15 is 0 Å². The van der Waals surface area contributed by atoms with Gasteiger partial charge in [0.25, 0.3) is 0 Å². The molecule has 2 aliphatic rings. The smallest absolute Gasteiger partial charge is 0.331 e. The van der Waals surface area contributed by atoms with Crippen molar-refractivity contribution in [3.63, 3.8) is 0 Å². The fourth-order valence-corrected chi connectivity index (χ4v) is 3.78. The van der Waals surface area contributed by atoms with E-state index in [1.54, 1.807) is 7.11 Å². The van der Waals surface area contributed by atoms with Crippen LogP contribution in [0.2, 0.25) is 0 Å². The van der Waals surface area contributed by atoms with E-state index in [9.17, 15) is 4.79 Å². The lowest BCUT2D eigenvalue weighted by molar-refractivity contribution is -0.133. The maximum atomic E-state index is 11.1. The predicted molar refractivity (Wildman–Crippen MR) is 75.0 cm³/mol. The largest absolute Gasteiger partial charge is 0.478 e. The Morgan fingerprint density at radius 1 is 1.42 bits per heavy atom. The third-order valence-corrected chi connectivity index (χ3v) is 5.19. The van der Waals surface area contributed by atoms with Crippen molar-refractivity contribution in [3.8, 4) is 0 Å². The van der Waals surface area contributed by atoms with Crippen LogP contribution in [0.15, 0.2) is 23.3 Å². The number of rotatable bonds is 3. The highest BCUT2D eigenvalue weighted by Crippen LogP contribution is 2.52. The molecule has 106 valence electrons. The molecule has 0 aromatic rings. The van der Waals surface area contributed by atoms with E-state index in [1.165, 1.54) is 11.1 Å². The van der Waals surface area contributed by atoms with Crippen molar-refractivity contribution >= 4 is 5.97 Å². The molecule has 0 aromatic heterocycles. The second-order valence-corrected chi connectivity index (χ2v) is 6.26. The van der Waals surface area contributed by atoms with Gasteiger partial charge in [0.05, 0.1) is 6.10 Å². The lowest BCUT2D eigenvalue weighted by Gasteiger charge is -2.46. The van der Waals surface area contributed by atoms with Crippen molar-refractivity contribution in [2.75, 3.05) is 7.11 Å². The Morgan fingerprint density at radius 2 is 2.05 bits per heavy atom. The minimum atomic E-state index is -0.856. The molecular formula is C16H24O3. The summed E-state index contributed by atoms with van der Waals surface area (Å²) in [4.78, 5) is 11.1. The number of methoxy groups -OCH3 is 1. The maximum absolute atomic E-state index is 11.1. The van der Waals surface area contributed by atoms with E-state index in [1.807, 2.05) is 0 Å². The zero-order valence-corrected chi connectivity index (χ0v) is 12.2. The molecule has 0 saturated heterocycles. The van der Waals surface area contributed by atoms with Gasteiger partial charge in [0.2, 0.25) is 0 Å². The number of allylic oxidation sites excluding steroid dienone is 1. The lowest BCUT2D eigenvalue weighted by Crippen LogP contribution is -2.36. The zero-order chi connectivity index (χ0) is 14.2. The van der Waals surface area contributed by atoms with Gasteiger partial charge in [-0.25, -0.2) is 4.79 Å². The van der Waals surface area contributed by atoms with Gasteiger partial charge in [0.15, 0.2) is 0 Å². The van der Waals surface area contributed by atoms with Crippen molar-refractivity contribution in [2.24, 2.45) is 11.3 Å². The molecule has 1 fully saturated rings. The van der Waals surface area contributed by atoms with E-state index in [0.717, 1.165) is 32.1 Å². The van der Waals surface area contributed by atoms with E-state index in [-0.39, 0.29) is 17.4 Å². The molecule has 1 saturated carbocycles. The summed E-state index contributed by atoms with van der Waals surface area (Å²) < 4.78 is 5.54. The lowest BCUT2D eigenvalue weighted by atomic mass is 9.60. The molecule has 3 atom stereocenters. The summed E-state index contributed by atoms with van der Waals surface area (Å²) in [6, 6.07) is 0. The maximum Gasteiger partial charge on any atom is 0.331 e. The van der Waals surface area contributed by atoms with Gasteiger partial charge in [0, 0.05) is 12.7 Å². The highest BCUT2D eigenvalue weighted by atomic mass is 16.5. The molecule has 2 rings (SSSR count). The molecule has 0 radical (unpaired) electrons. The van der Waals surface area contributed by atoms with Crippen molar-refractivity contribution in [1.29, 1.82) is 0 Å². The molecule has 0 unspecified atom stereocenters. The fraction of sp³-hybridized carbons (Fsp3) is 0.688. The number of ether oxygens (including phenoxy) is 1. The predicted octanol–water partition coefficient (Wildman–Crippen LogP) is 3.56. The number of hydrogen-bond acceptors (Lipinski definition) is 2. The van der Waals surface area contributed by atoms with Crippen LogP contribution in [0.1, 0.15) is 46.0 Å². The van der Waals surface area contributed by atoms with Gasteiger partial charge in [-0.1, -0.05) is 19.1 Å². The number of carbonyl (C=O) groups is 1. The molecule has 0 spiro atoms. The summed E-state index contributed by atoms with van der Waals surface area (Å²) in [6.07, 6.45) is 5.27. The first-order valence-corrected chi connectivity index (χ1v) is 7.04. The molecular weight excluding hydrogens is 240 g/mol. The number of carboxylic acid groups (broad SMARTS) is 1. The topological polar surface area (TPSA) is 46.5 Å². The minimum absolute atomic E-state index is 0.0890. The van der Waals surface area contributed by atoms with Gasteiger partial charge >= 0.3 is 5.97 Å². The van der Waals surface area contributed by atoms with Crippen LogP contribution >= 0.6 is 0 Å². The van der Waals surface area contributed by atoms with Gasteiger partial charge in [-0.2, -0.15) is 0 Å². The van der Waals surface area contributed by atoms with E-state index in [2.05, 4.69) is 20.4 Å². The van der Waals surface area contributed by atoms with E-state index in [4.69, 9.17) is 9.84 Å². The molecule has 19 heavy (non-hydrogen) atoms. The Hall–Kier alpha value is -1.09. The van der Waals surface area contributed by atoms with Crippen LogP contribution in [-0.4, -0.2) is 24.3 Å². The Labute approximate surface area is 115 Å². The van der Waals surface area contributed by atoms with E-state index in [0.29, 0.717) is 5.57 Å². The SMILES string of the molecule is C=C(C(=O)O)[C@@H]1CC[C@]2(C)CC[C@H](OC)C(C)=C2C1. The first-order chi connectivity index (χ1) is 8.89. The zero-order valence-electron chi connectivity index (χ0n) is 12.2.